The molecule has 0 aliphatic carbocycles. The van der Waals surface area contributed by atoms with E-state index >= 15 is 0 Å². The maximum Gasteiger partial charge on any atom is 0.497 e. The third kappa shape index (κ3) is 2.92. The zero-order valence-corrected chi connectivity index (χ0v) is 16.7. The second kappa shape index (κ2) is 5.60. The van der Waals surface area contributed by atoms with Crippen LogP contribution in [-0.2, 0) is 9.31 Å². The molecule has 0 N–H and O–H groups in total. The Morgan fingerprint density at radius 1 is 1.08 bits per heavy atom. The second-order valence-electron chi connectivity index (χ2n) is 8.73. The van der Waals surface area contributed by atoms with E-state index < -0.39 is 23.7 Å². The van der Waals surface area contributed by atoms with E-state index in [0.29, 0.717) is 5.02 Å². The van der Waals surface area contributed by atoms with Crippen molar-refractivity contribution < 1.29 is 14.1 Å². The molecule has 1 aromatic heterocycles. The van der Waals surface area contributed by atoms with E-state index in [2.05, 4.69) is 0 Å². The van der Waals surface area contributed by atoms with Crippen LogP contribution in [0.25, 0.3) is 10.9 Å². The maximum atomic E-state index is 12.9. The minimum atomic E-state index is -0.550. The van der Waals surface area contributed by atoms with Gasteiger partial charge in [-0.15, -0.1) is 0 Å². The lowest BCUT2D eigenvalue weighted by molar-refractivity contribution is 0.00578. The topological polar surface area (TPSA) is 40.5 Å². The van der Waals surface area contributed by atoms with Gasteiger partial charge in [-0.3, -0.25) is 9.36 Å². The summed E-state index contributed by atoms with van der Waals surface area (Å²) < 4.78 is 14.1. The summed E-state index contributed by atoms with van der Waals surface area (Å²) in [7, 11) is -0.550. The number of benzene rings is 1. The van der Waals surface area contributed by atoms with Gasteiger partial charge in [-0.05, 0) is 39.8 Å². The Morgan fingerprint density at radius 2 is 1.64 bits per heavy atom. The van der Waals surface area contributed by atoms with Crippen molar-refractivity contribution in [3.63, 3.8) is 0 Å². The second-order valence-corrected chi connectivity index (χ2v) is 9.14. The number of rotatable bonds is 1. The third-order valence-electron chi connectivity index (χ3n) is 5.19. The number of hydrogen-bond donors (Lipinski definition) is 0. The standard InChI is InChI=1S/C19H25BClNO3/c1-17(2,3)16(23)22-11-10-12-14(21)9-8-13(15(12)22)20-24-18(4,5)19(6,7)25-20/h8-11H,1-7H3. The third-order valence-corrected chi connectivity index (χ3v) is 5.52. The van der Waals surface area contributed by atoms with Crippen LogP contribution in [0.3, 0.4) is 0 Å². The van der Waals surface area contributed by atoms with Crippen LogP contribution in [0.1, 0.15) is 53.3 Å². The van der Waals surface area contributed by atoms with Gasteiger partial charge in [0.05, 0.1) is 16.7 Å². The fourth-order valence-corrected chi connectivity index (χ4v) is 3.16. The molecule has 0 unspecified atom stereocenters. The van der Waals surface area contributed by atoms with E-state index in [1.165, 1.54) is 0 Å². The number of carbonyl (C=O) groups excluding carboxylic acids is 1. The molecule has 1 aliphatic rings. The molecule has 0 radical (unpaired) electrons. The molecular weight excluding hydrogens is 336 g/mol. The Balaban J connectivity index is 2.19. The van der Waals surface area contributed by atoms with Crippen molar-refractivity contribution in [1.82, 2.24) is 4.57 Å². The van der Waals surface area contributed by atoms with E-state index in [4.69, 9.17) is 20.9 Å². The summed E-state index contributed by atoms with van der Waals surface area (Å²) in [5.74, 6) is 0.00235. The first-order valence-electron chi connectivity index (χ1n) is 8.55. The summed E-state index contributed by atoms with van der Waals surface area (Å²) >= 11 is 6.37. The Morgan fingerprint density at radius 3 is 2.16 bits per heavy atom. The molecule has 0 saturated carbocycles. The highest BCUT2D eigenvalue weighted by Crippen LogP contribution is 2.37. The fraction of sp³-hybridized carbons (Fsp3) is 0.526. The average molecular weight is 362 g/mol. The monoisotopic (exact) mass is 361 g/mol. The Labute approximate surface area is 154 Å². The maximum absolute atomic E-state index is 12.9. The van der Waals surface area contributed by atoms with Gasteiger partial charge in [0.2, 0.25) is 5.91 Å². The van der Waals surface area contributed by atoms with Gasteiger partial charge in [-0.2, -0.15) is 0 Å². The van der Waals surface area contributed by atoms with Gasteiger partial charge >= 0.3 is 7.12 Å². The average Bonchev–Trinajstić information content (AvgIpc) is 2.98. The summed E-state index contributed by atoms with van der Waals surface area (Å²) in [6.45, 7) is 13.8. The number of carbonyl (C=O) groups is 1. The molecule has 0 atom stereocenters. The lowest BCUT2D eigenvalue weighted by Gasteiger charge is -2.32. The first-order valence-corrected chi connectivity index (χ1v) is 8.93. The van der Waals surface area contributed by atoms with E-state index in [1.807, 2.05) is 66.7 Å². The highest BCUT2D eigenvalue weighted by atomic mass is 35.5. The molecule has 25 heavy (non-hydrogen) atoms. The van der Waals surface area contributed by atoms with Crippen molar-refractivity contribution in [2.45, 2.75) is 59.7 Å². The minimum absolute atomic E-state index is 0.00235. The molecule has 0 bridgehead atoms. The van der Waals surface area contributed by atoms with Crippen molar-refractivity contribution in [2.24, 2.45) is 5.41 Å². The van der Waals surface area contributed by atoms with Crippen molar-refractivity contribution in [2.75, 3.05) is 0 Å². The van der Waals surface area contributed by atoms with Crippen LogP contribution in [0.4, 0.5) is 0 Å². The summed E-state index contributed by atoms with van der Waals surface area (Å²) in [5, 5.41) is 1.43. The zero-order valence-electron chi connectivity index (χ0n) is 15.9. The van der Waals surface area contributed by atoms with Crippen LogP contribution in [0.5, 0.6) is 0 Å². The fourth-order valence-electron chi connectivity index (χ4n) is 2.94. The first-order chi connectivity index (χ1) is 11.3. The zero-order chi connectivity index (χ0) is 18.8. The molecule has 2 aromatic rings. The largest absolute Gasteiger partial charge is 0.497 e. The molecule has 3 rings (SSSR count). The minimum Gasteiger partial charge on any atom is -0.399 e. The van der Waals surface area contributed by atoms with Gasteiger partial charge in [0.15, 0.2) is 0 Å². The molecule has 1 fully saturated rings. The van der Waals surface area contributed by atoms with Crippen LogP contribution in [0, 0.1) is 5.41 Å². The summed E-state index contributed by atoms with van der Waals surface area (Å²) in [6, 6.07) is 5.59. The molecule has 134 valence electrons. The van der Waals surface area contributed by atoms with Gasteiger partial charge in [-0.25, -0.2) is 0 Å². The number of fused-ring (bicyclic) bond motifs is 1. The normalized spacial score (nSPS) is 19.6. The number of aromatic nitrogens is 1. The van der Waals surface area contributed by atoms with Gasteiger partial charge in [0, 0.05) is 27.5 Å². The first kappa shape index (κ1) is 18.5. The van der Waals surface area contributed by atoms with Gasteiger partial charge < -0.3 is 9.31 Å². The summed E-state index contributed by atoms with van der Waals surface area (Å²) in [6.07, 6.45) is 1.78. The van der Waals surface area contributed by atoms with E-state index in [1.54, 1.807) is 10.8 Å². The molecule has 4 nitrogen and oxygen atoms in total. The SMILES string of the molecule is CC(C)(C)C(=O)n1ccc2c(Cl)ccc(B3OC(C)(C)C(C)(C)O3)c21. The van der Waals surface area contributed by atoms with Crippen molar-refractivity contribution >= 4 is 41.0 Å². The molecule has 0 spiro atoms. The summed E-state index contributed by atoms with van der Waals surface area (Å²) in [4.78, 5) is 12.9. The Hall–Kier alpha value is -1.30. The number of halogens is 1. The number of nitrogens with zero attached hydrogens (tertiary/aromatic N) is 1. The lowest BCUT2D eigenvalue weighted by Crippen LogP contribution is -2.41. The van der Waals surface area contributed by atoms with Crippen LogP contribution < -0.4 is 5.46 Å². The van der Waals surface area contributed by atoms with Crippen molar-refractivity contribution in [3.8, 4) is 0 Å². The van der Waals surface area contributed by atoms with Gasteiger partial charge in [0.1, 0.15) is 0 Å². The molecule has 0 amide bonds. The van der Waals surface area contributed by atoms with E-state index in [-0.39, 0.29) is 5.91 Å². The Kier molecular flexibility index (Phi) is 4.14. The molecule has 1 saturated heterocycles. The van der Waals surface area contributed by atoms with Crippen LogP contribution >= 0.6 is 11.6 Å². The molecule has 1 aromatic carbocycles. The quantitative estimate of drug-likeness (QED) is 0.712. The van der Waals surface area contributed by atoms with Crippen LogP contribution in [0.15, 0.2) is 24.4 Å². The molecular formula is C19H25BClNO3. The van der Waals surface area contributed by atoms with Crippen molar-refractivity contribution in [3.05, 3.63) is 29.4 Å². The van der Waals surface area contributed by atoms with Gasteiger partial charge in [-0.1, -0.05) is 38.4 Å². The highest BCUT2D eigenvalue weighted by molar-refractivity contribution is 6.65. The van der Waals surface area contributed by atoms with E-state index in [9.17, 15) is 4.79 Å². The summed E-state index contributed by atoms with van der Waals surface area (Å²) in [5.41, 5.74) is 0.164. The number of hydrogen-bond acceptors (Lipinski definition) is 3. The van der Waals surface area contributed by atoms with Gasteiger partial charge in [0.25, 0.3) is 0 Å². The molecule has 6 heteroatoms. The smallest absolute Gasteiger partial charge is 0.399 e. The molecule has 2 heterocycles. The van der Waals surface area contributed by atoms with Crippen LogP contribution in [-0.4, -0.2) is 28.8 Å². The predicted octanol–water partition coefficient (Wildman–Crippen LogP) is 4.28. The van der Waals surface area contributed by atoms with E-state index in [0.717, 1.165) is 16.4 Å². The Bertz CT molecular complexity index is 832. The van der Waals surface area contributed by atoms with Crippen LogP contribution in [0.2, 0.25) is 5.02 Å². The van der Waals surface area contributed by atoms with Crippen molar-refractivity contribution in [1.29, 1.82) is 0 Å². The highest BCUT2D eigenvalue weighted by Gasteiger charge is 2.52. The lowest BCUT2D eigenvalue weighted by atomic mass is 9.77. The molecule has 1 aliphatic heterocycles. The predicted molar refractivity (Wildman–Crippen MR) is 103 cm³/mol.